The van der Waals surface area contributed by atoms with Crippen LogP contribution in [0.5, 0.6) is 0 Å². The van der Waals surface area contributed by atoms with Gasteiger partial charge in [0.1, 0.15) is 5.52 Å². The lowest BCUT2D eigenvalue weighted by Gasteiger charge is -2.32. The first kappa shape index (κ1) is 16.6. The molecule has 0 radical (unpaired) electrons. The Balaban J connectivity index is 1.33. The lowest BCUT2D eigenvalue weighted by Crippen LogP contribution is -3.17. The molecule has 5 heteroatoms. The molecule has 25 heavy (non-hydrogen) atoms. The summed E-state index contributed by atoms with van der Waals surface area (Å²) in [6.45, 7) is 4.07. The number of hydrogen-bond donors (Lipinski definition) is 2. The summed E-state index contributed by atoms with van der Waals surface area (Å²) in [6, 6.07) is 8.39. The molecule has 1 saturated carbocycles. The molecule has 4 rings (SSSR count). The monoisotopic (exact) mass is 342 g/mol. The molecule has 2 N–H and O–H groups in total. The van der Waals surface area contributed by atoms with E-state index in [9.17, 15) is 4.79 Å². The Kier molecular flexibility index (Phi) is 4.75. The van der Waals surface area contributed by atoms with E-state index in [1.165, 1.54) is 17.7 Å². The number of carbonyl (C=O) groups excluding carboxylic acids is 1. The molecule has 1 saturated heterocycles. The molecule has 0 bridgehead atoms. The summed E-state index contributed by atoms with van der Waals surface area (Å²) in [5, 5.41) is 3.25. The maximum absolute atomic E-state index is 12.5. The number of para-hydroxylation sites is 2. The molecule has 1 aromatic heterocycles. The van der Waals surface area contributed by atoms with E-state index in [-0.39, 0.29) is 11.9 Å². The van der Waals surface area contributed by atoms with Crippen molar-refractivity contribution in [1.29, 1.82) is 0 Å². The van der Waals surface area contributed by atoms with Gasteiger partial charge < -0.3 is 14.6 Å². The van der Waals surface area contributed by atoms with Crippen LogP contribution in [0, 0.1) is 0 Å². The van der Waals surface area contributed by atoms with Crippen LogP contribution in [0.2, 0.25) is 0 Å². The van der Waals surface area contributed by atoms with E-state index in [1.807, 2.05) is 24.3 Å². The number of nitrogens with zero attached hydrogens (tertiary/aromatic N) is 1. The topological polar surface area (TPSA) is 59.6 Å². The van der Waals surface area contributed by atoms with Gasteiger partial charge in [-0.15, -0.1) is 0 Å². The van der Waals surface area contributed by atoms with E-state index in [2.05, 4.69) is 17.2 Å². The van der Waals surface area contributed by atoms with Gasteiger partial charge in [0.25, 0.3) is 5.91 Å². The van der Waals surface area contributed by atoms with Gasteiger partial charge in [-0.1, -0.05) is 25.0 Å². The number of amides is 1. The zero-order valence-corrected chi connectivity index (χ0v) is 15.0. The summed E-state index contributed by atoms with van der Waals surface area (Å²) < 4.78 is 5.94. The molecule has 1 atom stereocenters. The van der Waals surface area contributed by atoms with Crippen molar-refractivity contribution < 1.29 is 14.1 Å². The third-order valence-electron chi connectivity index (χ3n) is 5.99. The van der Waals surface area contributed by atoms with Crippen molar-refractivity contribution in [1.82, 2.24) is 10.3 Å². The third-order valence-corrected chi connectivity index (χ3v) is 5.99. The molecule has 2 aliphatic rings. The maximum Gasteiger partial charge on any atom is 0.278 e. The van der Waals surface area contributed by atoms with Gasteiger partial charge in [-0.3, -0.25) is 4.79 Å². The lowest BCUT2D eigenvalue weighted by molar-refractivity contribution is -0.919. The van der Waals surface area contributed by atoms with Gasteiger partial charge in [0.05, 0.1) is 13.1 Å². The summed E-state index contributed by atoms with van der Waals surface area (Å²) in [4.78, 5) is 18.6. The van der Waals surface area contributed by atoms with Crippen molar-refractivity contribution in [2.45, 2.75) is 63.5 Å². The second-order valence-corrected chi connectivity index (χ2v) is 7.66. The Bertz CT molecular complexity index is 694. The molecule has 2 fully saturated rings. The number of nitrogens with one attached hydrogen (secondary N) is 2. The minimum atomic E-state index is 0.0326. The van der Waals surface area contributed by atoms with Crippen LogP contribution in [0.4, 0.5) is 0 Å². The van der Waals surface area contributed by atoms with Gasteiger partial charge in [-0.05, 0) is 31.9 Å². The number of rotatable bonds is 4. The zero-order chi connectivity index (χ0) is 17.2. The van der Waals surface area contributed by atoms with Crippen LogP contribution >= 0.6 is 0 Å². The molecule has 1 aliphatic carbocycles. The fourth-order valence-electron chi connectivity index (χ4n) is 4.31. The number of benzene rings is 1. The predicted molar refractivity (Wildman–Crippen MR) is 96.5 cm³/mol. The minimum absolute atomic E-state index is 0.0326. The Morgan fingerprint density at radius 3 is 2.64 bits per heavy atom. The number of aromatic nitrogens is 1. The van der Waals surface area contributed by atoms with Crippen LogP contribution in [0.3, 0.4) is 0 Å². The van der Waals surface area contributed by atoms with Crippen LogP contribution in [0.25, 0.3) is 11.1 Å². The number of fused-ring (bicyclic) bond motifs is 1. The average Bonchev–Trinajstić information content (AvgIpc) is 3.30. The van der Waals surface area contributed by atoms with Gasteiger partial charge >= 0.3 is 0 Å². The van der Waals surface area contributed by atoms with Gasteiger partial charge in [-0.2, -0.15) is 0 Å². The summed E-state index contributed by atoms with van der Waals surface area (Å²) in [7, 11) is 0. The first-order valence-corrected chi connectivity index (χ1v) is 9.71. The maximum atomic E-state index is 12.5. The molecule has 0 unspecified atom stereocenters. The fraction of sp³-hybridized carbons (Fsp3) is 0.600. The van der Waals surface area contributed by atoms with Crippen molar-refractivity contribution in [2.75, 3.05) is 13.1 Å². The van der Waals surface area contributed by atoms with Gasteiger partial charge in [0.2, 0.25) is 0 Å². The first-order valence-electron chi connectivity index (χ1n) is 9.71. The Hall–Kier alpha value is -1.88. The number of oxazole rings is 1. The SMILES string of the molecule is C[C@@H](C(=O)NC1CCCC1)[NH+]1CCC(c2nc3ccccc3o2)CC1. The Morgan fingerprint density at radius 2 is 1.92 bits per heavy atom. The molecular formula is C20H28N3O2+. The first-order chi connectivity index (χ1) is 12.2. The third kappa shape index (κ3) is 3.56. The molecule has 2 heterocycles. The molecular weight excluding hydrogens is 314 g/mol. The molecule has 1 aliphatic heterocycles. The van der Waals surface area contributed by atoms with Crippen molar-refractivity contribution in [2.24, 2.45) is 0 Å². The van der Waals surface area contributed by atoms with Crippen LogP contribution in [0.1, 0.15) is 57.3 Å². The van der Waals surface area contributed by atoms with Crippen LogP contribution in [-0.4, -0.2) is 36.1 Å². The highest BCUT2D eigenvalue weighted by atomic mass is 16.3. The second-order valence-electron chi connectivity index (χ2n) is 7.66. The highest BCUT2D eigenvalue weighted by Crippen LogP contribution is 2.27. The quantitative estimate of drug-likeness (QED) is 0.894. The largest absolute Gasteiger partial charge is 0.440 e. The molecule has 1 aromatic carbocycles. The lowest BCUT2D eigenvalue weighted by atomic mass is 9.95. The van der Waals surface area contributed by atoms with Crippen molar-refractivity contribution in [3.63, 3.8) is 0 Å². The summed E-state index contributed by atoms with van der Waals surface area (Å²) in [5.74, 6) is 1.46. The van der Waals surface area contributed by atoms with Gasteiger partial charge in [0, 0.05) is 24.8 Å². The normalized spacial score (nSPS) is 26.0. The molecule has 134 valence electrons. The van der Waals surface area contributed by atoms with Gasteiger partial charge in [-0.25, -0.2) is 4.98 Å². The number of hydrogen-bond acceptors (Lipinski definition) is 3. The average molecular weight is 342 g/mol. The highest BCUT2D eigenvalue weighted by molar-refractivity contribution is 5.80. The number of piperidine rings is 1. The molecule has 2 aromatic rings. The minimum Gasteiger partial charge on any atom is -0.440 e. The van der Waals surface area contributed by atoms with E-state index in [4.69, 9.17) is 4.42 Å². The Morgan fingerprint density at radius 1 is 1.20 bits per heavy atom. The van der Waals surface area contributed by atoms with E-state index in [1.54, 1.807) is 0 Å². The van der Waals surface area contributed by atoms with E-state index in [0.29, 0.717) is 12.0 Å². The van der Waals surface area contributed by atoms with Crippen LogP contribution in [0.15, 0.2) is 28.7 Å². The van der Waals surface area contributed by atoms with E-state index < -0.39 is 0 Å². The number of quaternary nitrogens is 1. The zero-order valence-electron chi connectivity index (χ0n) is 15.0. The molecule has 5 nitrogen and oxygen atoms in total. The number of likely N-dealkylation sites (tertiary alicyclic amines) is 1. The summed E-state index contributed by atoms with van der Waals surface area (Å²) in [5.41, 5.74) is 1.81. The van der Waals surface area contributed by atoms with Crippen LogP contribution in [-0.2, 0) is 4.79 Å². The van der Waals surface area contributed by atoms with E-state index >= 15 is 0 Å². The molecule has 0 spiro atoms. The smallest absolute Gasteiger partial charge is 0.278 e. The summed E-state index contributed by atoms with van der Waals surface area (Å²) >= 11 is 0. The van der Waals surface area contributed by atoms with Crippen molar-refractivity contribution in [3.05, 3.63) is 30.2 Å². The molecule has 1 amide bonds. The van der Waals surface area contributed by atoms with E-state index in [0.717, 1.165) is 55.8 Å². The fourth-order valence-corrected chi connectivity index (χ4v) is 4.31. The predicted octanol–water partition coefficient (Wildman–Crippen LogP) is 2.04. The van der Waals surface area contributed by atoms with Crippen LogP contribution < -0.4 is 10.2 Å². The number of carbonyl (C=O) groups is 1. The highest BCUT2D eigenvalue weighted by Gasteiger charge is 2.33. The Labute approximate surface area is 148 Å². The van der Waals surface area contributed by atoms with Crippen molar-refractivity contribution in [3.8, 4) is 0 Å². The van der Waals surface area contributed by atoms with Gasteiger partial charge in [0.15, 0.2) is 17.5 Å². The standard InChI is InChI=1S/C20H27N3O2/c1-14(19(24)21-16-6-2-3-7-16)23-12-10-15(11-13-23)20-22-17-8-4-5-9-18(17)25-20/h4-5,8-9,14-16H,2-3,6-7,10-13H2,1H3,(H,21,24)/p+1/t14-/m0/s1. The second kappa shape index (κ2) is 7.16. The summed E-state index contributed by atoms with van der Waals surface area (Å²) in [6.07, 6.45) is 6.86. The van der Waals surface area contributed by atoms with Crippen molar-refractivity contribution >= 4 is 17.0 Å².